The summed E-state index contributed by atoms with van der Waals surface area (Å²) in [4.78, 5) is 8.78. The third kappa shape index (κ3) is 3.57. The normalized spacial score (nSPS) is 10.7. The highest BCUT2D eigenvalue weighted by Gasteiger charge is 2.14. The molecule has 0 amide bonds. The molecule has 1 heterocycles. The minimum Gasteiger partial charge on any atom is -0.370 e. The van der Waals surface area contributed by atoms with E-state index >= 15 is 0 Å². The monoisotopic (exact) mass is 287 g/mol. The number of aryl methyl sites for hydroxylation is 1. The first-order valence-electron chi connectivity index (χ1n) is 7.51. The molecule has 0 saturated carbocycles. The van der Waals surface area contributed by atoms with Crippen LogP contribution in [0.15, 0.2) is 24.5 Å². The summed E-state index contributed by atoms with van der Waals surface area (Å²) in [7, 11) is 0. The van der Waals surface area contributed by atoms with Crippen molar-refractivity contribution in [2.75, 3.05) is 11.9 Å². The van der Waals surface area contributed by atoms with Gasteiger partial charge < -0.3 is 5.32 Å². The Morgan fingerprint density at radius 3 is 2.67 bits per heavy atom. The molecule has 2 rings (SSSR count). The molecule has 0 radical (unpaired) electrons. The fraction of sp³-hybridized carbons (Fsp3) is 0.412. The average Bonchev–Trinajstić information content (AvgIpc) is 2.49. The molecular formula is C17H22FN3. The van der Waals surface area contributed by atoms with Crippen molar-refractivity contribution in [2.24, 2.45) is 0 Å². The van der Waals surface area contributed by atoms with Crippen LogP contribution in [0.3, 0.4) is 0 Å². The Morgan fingerprint density at radius 2 is 1.95 bits per heavy atom. The number of benzene rings is 1. The first kappa shape index (κ1) is 15.4. The van der Waals surface area contributed by atoms with Gasteiger partial charge >= 0.3 is 0 Å². The third-order valence-corrected chi connectivity index (χ3v) is 3.44. The Kier molecular flexibility index (Phi) is 5.26. The van der Waals surface area contributed by atoms with E-state index in [0.717, 1.165) is 54.0 Å². The van der Waals surface area contributed by atoms with Crippen molar-refractivity contribution in [1.82, 2.24) is 9.97 Å². The highest BCUT2D eigenvalue weighted by molar-refractivity contribution is 5.71. The standard InChI is InChI=1S/C17H22FN3/c1-4-6-14-16(15-10-13(18)8-7-12(15)3)20-11-21-17(14)19-9-5-2/h7-8,10-11H,4-6,9H2,1-3H3,(H,19,20,21). The van der Waals surface area contributed by atoms with E-state index in [-0.39, 0.29) is 5.82 Å². The van der Waals surface area contributed by atoms with Crippen LogP contribution in [0.4, 0.5) is 10.2 Å². The van der Waals surface area contributed by atoms with Crippen LogP contribution in [0.5, 0.6) is 0 Å². The second kappa shape index (κ2) is 7.16. The lowest BCUT2D eigenvalue weighted by Crippen LogP contribution is -2.08. The molecule has 0 aliphatic heterocycles. The van der Waals surface area contributed by atoms with Crippen LogP contribution in [-0.2, 0) is 6.42 Å². The third-order valence-electron chi connectivity index (χ3n) is 3.44. The number of halogens is 1. The molecule has 21 heavy (non-hydrogen) atoms. The molecule has 0 saturated heterocycles. The first-order chi connectivity index (χ1) is 10.2. The van der Waals surface area contributed by atoms with Crippen LogP contribution in [0.2, 0.25) is 0 Å². The number of aromatic nitrogens is 2. The second-order valence-electron chi connectivity index (χ2n) is 5.19. The van der Waals surface area contributed by atoms with Crippen LogP contribution >= 0.6 is 0 Å². The lowest BCUT2D eigenvalue weighted by Gasteiger charge is -2.15. The molecule has 4 heteroatoms. The molecule has 0 fully saturated rings. The van der Waals surface area contributed by atoms with Crippen LogP contribution in [-0.4, -0.2) is 16.5 Å². The Bertz CT molecular complexity index is 611. The van der Waals surface area contributed by atoms with Gasteiger partial charge in [0.25, 0.3) is 0 Å². The van der Waals surface area contributed by atoms with E-state index < -0.39 is 0 Å². The van der Waals surface area contributed by atoms with Gasteiger partial charge in [0.05, 0.1) is 5.69 Å². The topological polar surface area (TPSA) is 37.8 Å². The van der Waals surface area contributed by atoms with Gasteiger partial charge in [-0.15, -0.1) is 0 Å². The number of rotatable bonds is 6. The van der Waals surface area contributed by atoms with Gasteiger partial charge in [0.1, 0.15) is 18.0 Å². The molecular weight excluding hydrogens is 265 g/mol. The van der Waals surface area contributed by atoms with Crippen molar-refractivity contribution >= 4 is 5.82 Å². The maximum absolute atomic E-state index is 13.6. The maximum atomic E-state index is 13.6. The zero-order chi connectivity index (χ0) is 15.2. The molecule has 2 aromatic rings. The summed E-state index contributed by atoms with van der Waals surface area (Å²) in [5.74, 6) is 0.632. The number of hydrogen-bond acceptors (Lipinski definition) is 3. The lowest BCUT2D eigenvalue weighted by atomic mass is 9.99. The summed E-state index contributed by atoms with van der Waals surface area (Å²) in [5.41, 5.74) is 3.78. The summed E-state index contributed by atoms with van der Waals surface area (Å²) in [6, 6.07) is 4.83. The van der Waals surface area contributed by atoms with Crippen molar-refractivity contribution in [3.63, 3.8) is 0 Å². The van der Waals surface area contributed by atoms with Gasteiger partial charge in [0.2, 0.25) is 0 Å². The zero-order valence-corrected chi connectivity index (χ0v) is 12.9. The zero-order valence-electron chi connectivity index (χ0n) is 12.9. The fourth-order valence-corrected chi connectivity index (χ4v) is 2.38. The Labute approximate surface area is 125 Å². The van der Waals surface area contributed by atoms with E-state index in [1.807, 2.05) is 6.92 Å². The Hall–Kier alpha value is -1.97. The highest BCUT2D eigenvalue weighted by Crippen LogP contribution is 2.29. The van der Waals surface area contributed by atoms with Crippen molar-refractivity contribution < 1.29 is 4.39 Å². The molecule has 112 valence electrons. The molecule has 1 aromatic heterocycles. The largest absolute Gasteiger partial charge is 0.370 e. The van der Waals surface area contributed by atoms with E-state index in [4.69, 9.17) is 0 Å². The fourth-order valence-electron chi connectivity index (χ4n) is 2.38. The molecule has 0 unspecified atom stereocenters. The van der Waals surface area contributed by atoms with Crippen LogP contribution in [0.1, 0.15) is 37.8 Å². The summed E-state index contributed by atoms with van der Waals surface area (Å²) in [6.07, 6.45) is 4.45. The van der Waals surface area contributed by atoms with E-state index in [9.17, 15) is 4.39 Å². The van der Waals surface area contributed by atoms with Crippen LogP contribution < -0.4 is 5.32 Å². The molecule has 0 aliphatic carbocycles. The van der Waals surface area contributed by atoms with E-state index in [1.165, 1.54) is 6.07 Å². The van der Waals surface area contributed by atoms with E-state index in [2.05, 4.69) is 29.1 Å². The number of nitrogens with one attached hydrogen (secondary N) is 1. The van der Waals surface area contributed by atoms with Crippen LogP contribution in [0.25, 0.3) is 11.3 Å². The average molecular weight is 287 g/mol. The summed E-state index contributed by atoms with van der Waals surface area (Å²) >= 11 is 0. The number of nitrogens with zero attached hydrogens (tertiary/aromatic N) is 2. The molecule has 0 bridgehead atoms. The summed E-state index contributed by atoms with van der Waals surface area (Å²) < 4.78 is 13.6. The van der Waals surface area contributed by atoms with Crippen molar-refractivity contribution in [2.45, 2.75) is 40.0 Å². The van der Waals surface area contributed by atoms with Gasteiger partial charge in [-0.05, 0) is 37.5 Å². The van der Waals surface area contributed by atoms with E-state index in [0.29, 0.717) is 0 Å². The summed E-state index contributed by atoms with van der Waals surface area (Å²) in [5, 5.41) is 3.35. The molecule has 0 spiro atoms. The smallest absolute Gasteiger partial charge is 0.133 e. The number of anilines is 1. The van der Waals surface area contributed by atoms with Gasteiger partial charge in [-0.1, -0.05) is 26.3 Å². The Balaban J connectivity index is 2.53. The van der Waals surface area contributed by atoms with E-state index in [1.54, 1.807) is 18.5 Å². The minimum absolute atomic E-state index is 0.236. The molecule has 1 N–H and O–H groups in total. The van der Waals surface area contributed by atoms with Crippen molar-refractivity contribution in [3.8, 4) is 11.3 Å². The van der Waals surface area contributed by atoms with Crippen LogP contribution in [0, 0.1) is 12.7 Å². The SMILES string of the molecule is CCCNc1ncnc(-c2cc(F)ccc2C)c1CCC. The van der Waals surface area contributed by atoms with Gasteiger partial charge in [0, 0.05) is 17.7 Å². The first-order valence-corrected chi connectivity index (χ1v) is 7.51. The van der Waals surface area contributed by atoms with Crippen molar-refractivity contribution in [3.05, 3.63) is 41.5 Å². The van der Waals surface area contributed by atoms with Crippen molar-refractivity contribution in [1.29, 1.82) is 0 Å². The molecule has 0 aliphatic rings. The second-order valence-corrected chi connectivity index (χ2v) is 5.19. The van der Waals surface area contributed by atoms with Gasteiger partial charge in [-0.2, -0.15) is 0 Å². The highest BCUT2D eigenvalue weighted by atomic mass is 19.1. The quantitative estimate of drug-likeness (QED) is 0.857. The molecule has 1 aromatic carbocycles. The summed E-state index contributed by atoms with van der Waals surface area (Å²) in [6.45, 7) is 7.09. The maximum Gasteiger partial charge on any atom is 0.133 e. The number of hydrogen-bond donors (Lipinski definition) is 1. The van der Waals surface area contributed by atoms with Gasteiger partial charge in [-0.25, -0.2) is 14.4 Å². The minimum atomic E-state index is -0.236. The lowest BCUT2D eigenvalue weighted by molar-refractivity contribution is 0.628. The predicted molar refractivity (Wildman–Crippen MR) is 84.9 cm³/mol. The van der Waals surface area contributed by atoms with Gasteiger partial charge in [0.15, 0.2) is 0 Å². The molecule has 0 atom stereocenters. The van der Waals surface area contributed by atoms with Gasteiger partial charge in [-0.3, -0.25) is 0 Å². The molecule has 3 nitrogen and oxygen atoms in total. The Morgan fingerprint density at radius 1 is 1.14 bits per heavy atom. The predicted octanol–water partition coefficient (Wildman–Crippen LogP) is 4.37.